The zero-order valence-electron chi connectivity index (χ0n) is 11.7. The Morgan fingerprint density at radius 1 is 1.24 bits per heavy atom. The summed E-state index contributed by atoms with van der Waals surface area (Å²) < 4.78 is 9.83. The van der Waals surface area contributed by atoms with Crippen LogP contribution < -0.4 is 11.0 Å². The van der Waals surface area contributed by atoms with Crippen LogP contribution in [0.3, 0.4) is 0 Å². The highest BCUT2D eigenvalue weighted by Gasteiger charge is 2.37. The maximum absolute atomic E-state index is 12.1. The van der Waals surface area contributed by atoms with E-state index >= 15 is 0 Å². The van der Waals surface area contributed by atoms with Crippen molar-refractivity contribution in [1.82, 2.24) is 5.59 Å². The monoisotopic (exact) mass is 408 g/mol. The molecular formula is C13H17IN2O5. The Kier molecular flexibility index (Phi) is 7.40. The molecule has 0 heterocycles. The van der Waals surface area contributed by atoms with Crippen LogP contribution in [0, 0.1) is 5.41 Å². The van der Waals surface area contributed by atoms with E-state index in [-0.39, 0.29) is 13.2 Å². The van der Waals surface area contributed by atoms with Crippen molar-refractivity contribution in [3.8, 4) is 0 Å². The van der Waals surface area contributed by atoms with Gasteiger partial charge in [-0.25, -0.2) is 4.79 Å². The number of anilines is 1. The van der Waals surface area contributed by atoms with Crippen molar-refractivity contribution in [2.75, 3.05) is 18.6 Å². The number of nitrogens with one attached hydrogen (secondary N) is 2. The number of rotatable bonds is 8. The summed E-state index contributed by atoms with van der Waals surface area (Å²) in [6, 6.07) is 9.13. The number of hydrogen-bond donors (Lipinski definition) is 2. The van der Waals surface area contributed by atoms with E-state index in [2.05, 4.69) is 11.0 Å². The molecule has 0 radical (unpaired) electrons. The van der Waals surface area contributed by atoms with Crippen molar-refractivity contribution in [3.05, 3.63) is 30.3 Å². The predicted molar refractivity (Wildman–Crippen MR) is 84.0 cm³/mol. The molecular weight excluding hydrogens is 391 g/mol. The summed E-state index contributed by atoms with van der Waals surface area (Å²) in [4.78, 5) is 27.9. The number of para-hydroxylation sites is 1. The highest BCUT2D eigenvalue weighted by atomic mass is 127. The summed E-state index contributed by atoms with van der Waals surface area (Å²) in [5.41, 5.74) is 4.70. The topological polar surface area (TPSA) is 85.9 Å². The highest BCUT2D eigenvalue weighted by Crippen LogP contribution is 2.21. The van der Waals surface area contributed by atoms with E-state index in [1.807, 2.05) is 18.2 Å². The highest BCUT2D eigenvalue weighted by molar-refractivity contribution is 14.1. The number of hydrazine groups is 1. The number of carbonyl (C=O) groups excluding carboxylic acids is 2. The smallest absolute Gasteiger partial charge is 0.338 e. The molecule has 8 heteroatoms. The maximum Gasteiger partial charge on any atom is 0.338 e. The molecule has 0 amide bonds. The number of esters is 1. The molecule has 7 nitrogen and oxygen atoms in total. The minimum atomic E-state index is -1.10. The standard InChI is InChI=1S/C13H17IN2O5/c1-10(17)19-8-13(2,9-20-14)12(18)21-16-15-11-6-4-3-5-7-11/h3-7,15-16H,8-9H2,1-2H3. The average Bonchev–Trinajstić information content (AvgIpc) is 2.46. The minimum absolute atomic E-state index is 0.0483. The quantitative estimate of drug-likeness (QED) is 0.387. The third-order valence-corrected chi connectivity index (χ3v) is 2.88. The van der Waals surface area contributed by atoms with E-state index in [4.69, 9.17) is 12.6 Å². The van der Waals surface area contributed by atoms with Gasteiger partial charge in [-0.3, -0.25) is 10.2 Å². The molecule has 0 bridgehead atoms. The number of carbonyl (C=O) groups is 2. The molecule has 2 N–H and O–H groups in total. The molecule has 0 aliphatic rings. The van der Waals surface area contributed by atoms with Gasteiger partial charge in [-0.1, -0.05) is 23.8 Å². The fourth-order valence-electron chi connectivity index (χ4n) is 1.32. The molecule has 116 valence electrons. The first-order valence-corrected chi connectivity index (χ1v) is 7.00. The summed E-state index contributed by atoms with van der Waals surface area (Å²) in [5.74, 6) is -1.08. The minimum Gasteiger partial charge on any atom is -0.465 e. The van der Waals surface area contributed by atoms with Gasteiger partial charge in [0.2, 0.25) is 0 Å². The first kappa shape index (κ1) is 17.7. The van der Waals surface area contributed by atoms with Crippen LogP contribution in [0.1, 0.15) is 13.8 Å². The van der Waals surface area contributed by atoms with Crippen molar-refractivity contribution in [1.29, 1.82) is 0 Å². The molecule has 0 aromatic heterocycles. The molecule has 1 atom stereocenters. The van der Waals surface area contributed by atoms with Crippen LogP contribution in [-0.2, 0) is 22.2 Å². The van der Waals surface area contributed by atoms with Crippen LogP contribution >= 0.6 is 23.0 Å². The number of halogens is 1. The molecule has 0 spiro atoms. The second kappa shape index (κ2) is 8.80. The third-order valence-electron chi connectivity index (χ3n) is 2.57. The third kappa shape index (κ3) is 6.27. The lowest BCUT2D eigenvalue weighted by Gasteiger charge is -2.24. The molecule has 0 fully saturated rings. The SMILES string of the molecule is CC(=O)OCC(C)(COI)C(=O)ONNc1ccccc1. The van der Waals surface area contributed by atoms with Crippen LogP contribution in [0.4, 0.5) is 5.69 Å². The number of benzene rings is 1. The molecule has 1 rings (SSSR count). The van der Waals surface area contributed by atoms with Crippen molar-refractivity contribution in [2.24, 2.45) is 5.41 Å². The van der Waals surface area contributed by atoms with Crippen LogP contribution in [0.2, 0.25) is 0 Å². The molecule has 1 aromatic carbocycles. The first-order chi connectivity index (χ1) is 9.98. The Labute approximate surface area is 136 Å². The van der Waals surface area contributed by atoms with Crippen molar-refractivity contribution in [3.63, 3.8) is 0 Å². The summed E-state index contributed by atoms with van der Waals surface area (Å²) in [7, 11) is 0. The predicted octanol–water partition coefficient (Wildman–Crippen LogP) is 2.00. The van der Waals surface area contributed by atoms with Crippen LogP contribution in [0.5, 0.6) is 0 Å². The van der Waals surface area contributed by atoms with E-state index in [1.165, 1.54) is 6.92 Å². The lowest BCUT2D eigenvalue weighted by Crippen LogP contribution is -2.42. The van der Waals surface area contributed by atoms with Gasteiger partial charge in [0.1, 0.15) is 35.0 Å². The second-order valence-corrected chi connectivity index (χ2v) is 5.20. The van der Waals surface area contributed by atoms with E-state index < -0.39 is 17.4 Å². The Balaban J connectivity index is 2.50. The van der Waals surface area contributed by atoms with Gasteiger partial charge in [-0.15, -0.1) is 0 Å². The van der Waals surface area contributed by atoms with Crippen molar-refractivity contribution in [2.45, 2.75) is 13.8 Å². The zero-order chi connectivity index (χ0) is 15.7. The van der Waals surface area contributed by atoms with Gasteiger partial charge >= 0.3 is 11.9 Å². The Morgan fingerprint density at radius 2 is 1.90 bits per heavy atom. The lowest BCUT2D eigenvalue weighted by atomic mass is 9.93. The van der Waals surface area contributed by atoms with Gasteiger partial charge < -0.3 is 12.6 Å². The normalized spacial score (nSPS) is 13.1. The van der Waals surface area contributed by atoms with Gasteiger partial charge in [0.15, 0.2) is 0 Å². The van der Waals surface area contributed by atoms with E-state index in [0.717, 1.165) is 5.69 Å². The summed E-state index contributed by atoms with van der Waals surface area (Å²) >= 11 is 1.67. The van der Waals surface area contributed by atoms with E-state index in [9.17, 15) is 9.59 Å². The maximum atomic E-state index is 12.1. The lowest BCUT2D eigenvalue weighted by molar-refractivity contribution is -0.169. The molecule has 21 heavy (non-hydrogen) atoms. The Bertz CT molecular complexity index is 471. The van der Waals surface area contributed by atoms with Gasteiger partial charge in [0.25, 0.3) is 0 Å². The van der Waals surface area contributed by atoms with Crippen LogP contribution in [0.15, 0.2) is 30.3 Å². The largest absolute Gasteiger partial charge is 0.465 e. The van der Waals surface area contributed by atoms with E-state index in [1.54, 1.807) is 42.1 Å². The molecule has 1 aromatic rings. The van der Waals surface area contributed by atoms with Gasteiger partial charge in [-0.05, 0) is 19.1 Å². The van der Waals surface area contributed by atoms with Gasteiger partial charge in [-0.2, -0.15) is 0 Å². The second-order valence-electron chi connectivity index (χ2n) is 4.58. The van der Waals surface area contributed by atoms with Crippen LogP contribution in [-0.4, -0.2) is 25.2 Å². The van der Waals surface area contributed by atoms with Gasteiger partial charge in [0, 0.05) is 6.92 Å². The molecule has 1 unspecified atom stereocenters. The zero-order valence-corrected chi connectivity index (χ0v) is 13.9. The van der Waals surface area contributed by atoms with Gasteiger partial charge in [0.05, 0.1) is 12.3 Å². The molecule has 0 aliphatic heterocycles. The Hall–Kier alpha value is -1.39. The molecule has 0 aliphatic carbocycles. The van der Waals surface area contributed by atoms with Crippen molar-refractivity contribution >= 4 is 40.6 Å². The van der Waals surface area contributed by atoms with Crippen molar-refractivity contribution < 1.29 is 22.2 Å². The van der Waals surface area contributed by atoms with Crippen LogP contribution in [0.25, 0.3) is 0 Å². The number of hydrogen-bond acceptors (Lipinski definition) is 7. The Morgan fingerprint density at radius 3 is 2.48 bits per heavy atom. The van der Waals surface area contributed by atoms with E-state index in [0.29, 0.717) is 0 Å². The molecule has 0 saturated carbocycles. The fourth-order valence-corrected chi connectivity index (χ4v) is 2.00. The summed E-state index contributed by atoms with van der Waals surface area (Å²) in [6.07, 6.45) is 0. The summed E-state index contributed by atoms with van der Waals surface area (Å²) in [6.45, 7) is 2.77. The number of ether oxygens (including phenoxy) is 1. The molecule has 0 saturated heterocycles. The summed E-state index contributed by atoms with van der Waals surface area (Å²) in [5, 5.41) is 0. The average molecular weight is 408 g/mol. The fraction of sp³-hybridized carbons (Fsp3) is 0.385. The first-order valence-electron chi connectivity index (χ1n) is 6.12.